The summed E-state index contributed by atoms with van der Waals surface area (Å²) in [6.45, 7) is 0. The molecule has 1 aliphatic rings. The molecule has 0 spiro atoms. The van der Waals surface area contributed by atoms with Crippen LogP contribution in [0.4, 0.5) is 0 Å². The van der Waals surface area contributed by atoms with Crippen LogP contribution < -0.4 is 0 Å². The summed E-state index contributed by atoms with van der Waals surface area (Å²) >= 11 is 5.91. The van der Waals surface area contributed by atoms with Crippen molar-refractivity contribution < 1.29 is 34.8 Å². The first-order valence-electron chi connectivity index (χ1n) is 6.94. The van der Waals surface area contributed by atoms with E-state index in [4.69, 9.17) is 17.3 Å². The summed E-state index contributed by atoms with van der Waals surface area (Å²) in [7, 11) is 0. The average molecular weight is 383 g/mol. The third-order valence-corrected chi connectivity index (χ3v) is 4.68. The predicted molar refractivity (Wildman–Crippen MR) is 93.1 cm³/mol. The number of hydrogen-bond acceptors (Lipinski definition) is 7. The maximum absolute atomic E-state index is 12.5. The summed E-state index contributed by atoms with van der Waals surface area (Å²) in [4.78, 5) is 35.5. The van der Waals surface area contributed by atoms with E-state index < -0.39 is 30.3 Å². The number of aromatic hydroxyl groups is 2. The molecule has 2 rings (SSSR count). The van der Waals surface area contributed by atoms with Gasteiger partial charge in [0.05, 0.1) is 4.91 Å². The highest BCUT2D eigenvalue weighted by atomic mass is 32.2. The van der Waals surface area contributed by atoms with E-state index in [9.17, 15) is 29.7 Å². The second-order valence-electron chi connectivity index (χ2n) is 5.08. The van der Waals surface area contributed by atoms with Crippen molar-refractivity contribution >= 4 is 52.2 Å². The van der Waals surface area contributed by atoms with Gasteiger partial charge in [-0.05, 0) is 24.6 Å². The number of rotatable bonds is 6. The van der Waals surface area contributed by atoms with Crippen LogP contribution in [0.3, 0.4) is 0 Å². The molecule has 1 aromatic carbocycles. The van der Waals surface area contributed by atoms with Crippen molar-refractivity contribution in [3.63, 3.8) is 0 Å². The molecule has 8 nitrogen and oxygen atoms in total. The molecule has 1 saturated heterocycles. The summed E-state index contributed by atoms with van der Waals surface area (Å²) in [5, 5.41) is 37.1. The number of nitrogens with zero attached hydrogens (tertiary/aromatic N) is 1. The maximum atomic E-state index is 12.5. The monoisotopic (exact) mass is 383 g/mol. The fourth-order valence-electron chi connectivity index (χ4n) is 2.17. The van der Waals surface area contributed by atoms with Gasteiger partial charge >= 0.3 is 11.9 Å². The van der Waals surface area contributed by atoms with Crippen LogP contribution in [-0.2, 0) is 14.4 Å². The van der Waals surface area contributed by atoms with Gasteiger partial charge in [-0.25, -0.2) is 4.79 Å². The summed E-state index contributed by atoms with van der Waals surface area (Å²) < 4.78 is -0.00712. The van der Waals surface area contributed by atoms with Crippen molar-refractivity contribution in [1.82, 2.24) is 4.90 Å². The fourth-order valence-corrected chi connectivity index (χ4v) is 3.51. The number of phenols is 2. The van der Waals surface area contributed by atoms with Gasteiger partial charge in [-0.15, -0.1) is 0 Å². The van der Waals surface area contributed by atoms with Crippen molar-refractivity contribution in [2.75, 3.05) is 0 Å². The van der Waals surface area contributed by atoms with Gasteiger partial charge in [0.1, 0.15) is 21.9 Å². The molecule has 132 valence electrons. The molecular formula is C15H13NO7S2. The minimum absolute atomic E-state index is 0.00712. The minimum Gasteiger partial charge on any atom is -0.508 e. The lowest BCUT2D eigenvalue weighted by atomic mass is 10.1. The lowest BCUT2D eigenvalue weighted by Crippen LogP contribution is -2.44. The van der Waals surface area contributed by atoms with Gasteiger partial charge in [0.25, 0.3) is 5.91 Å². The minimum atomic E-state index is -1.39. The van der Waals surface area contributed by atoms with Crippen LogP contribution in [0, 0.1) is 0 Å². The van der Waals surface area contributed by atoms with Crippen LogP contribution in [0.1, 0.15) is 18.4 Å². The number of carbonyl (C=O) groups is 3. The topological polar surface area (TPSA) is 135 Å². The number of benzene rings is 1. The SMILES string of the molecule is O=C(O)CCC(C(=O)O)N1C(=O)/C(=C/c2ccc(O)cc2O)SC1=S. The predicted octanol–water partition coefficient (Wildman–Crippen LogP) is 1.62. The zero-order valence-corrected chi connectivity index (χ0v) is 14.2. The Bertz CT molecular complexity index is 790. The Morgan fingerprint density at radius 3 is 2.52 bits per heavy atom. The molecule has 1 atom stereocenters. The zero-order chi connectivity index (χ0) is 18.7. The molecular weight excluding hydrogens is 370 g/mol. The molecule has 10 heteroatoms. The normalized spacial score (nSPS) is 17.1. The Kier molecular flexibility index (Phi) is 5.65. The number of phenolic OH excluding ortho intramolecular Hbond substituents is 2. The molecule has 1 amide bonds. The van der Waals surface area contributed by atoms with Crippen LogP contribution in [0.15, 0.2) is 23.1 Å². The van der Waals surface area contributed by atoms with Crippen molar-refractivity contribution in [3.05, 3.63) is 28.7 Å². The molecule has 0 saturated carbocycles. The number of amides is 1. The first kappa shape index (κ1) is 18.7. The third-order valence-electron chi connectivity index (χ3n) is 3.35. The van der Waals surface area contributed by atoms with Crippen molar-refractivity contribution in [1.29, 1.82) is 0 Å². The highest BCUT2D eigenvalue weighted by Crippen LogP contribution is 2.36. The Balaban J connectivity index is 2.30. The smallest absolute Gasteiger partial charge is 0.326 e. The zero-order valence-electron chi connectivity index (χ0n) is 12.6. The van der Waals surface area contributed by atoms with E-state index in [0.717, 1.165) is 22.7 Å². The number of thiocarbonyl (C=S) groups is 1. The molecule has 0 bridgehead atoms. The second kappa shape index (κ2) is 7.53. The van der Waals surface area contributed by atoms with Crippen molar-refractivity contribution in [3.8, 4) is 11.5 Å². The largest absolute Gasteiger partial charge is 0.508 e. The molecule has 4 N–H and O–H groups in total. The number of carboxylic acids is 2. The Morgan fingerprint density at radius 1 is 1.28 bits per heavy atom. The second-order valence-corrected chi connectivity index (χ2v) is 6.76. The Labute approximate surface area is 151 Å². The molecule has 1 unspecified atom stereocenters. The van der Waals surface area contributed by atoms with Crippen molar-refractivity contribution in [2.24, 2.45) is 0 Å². The van der Waals surface area contributed by atoms with Gasteiger partial charge in [0.2, 0.25) is 0 Å². The van der Waals surface area contributed by atoms with Crippen molar-refractivity contribution in [2.45, 2.75) is 18.9 Å². The molecule has 0 aliphatic carbocycles. The first-order chi connectivity index (χ1) is 11.7. The van der Waals surface area contributed by atoms with Gasteiger partial charge in [0.15, 0.2) is 0 Å². The number of hydrogen-bond donors (Lipinski definition) is 4. The lowest BCUT2D eigenvalue weighted by molar-refractivity contribution is -0.146. The first-order valence-corrected chi connectivity index (χ1v) is 8.17. The Hall–Kier alpha value is -2.59. The van der Waals surface area contributed by atoms with Crippen LogP contribution in [0.5, 0.6) is 11.5 Å². The highest BCUT2D eigenvalue weighted by Gasteiger charge is 2.40. The quantitative estimate of drug-likeness (QED) is 0.427. The van der Waals surface area contributed by atoms with E-state index in [1.165, 1.54) is 18.2 Å². The lowest BCUT2D eigenvalue weighted by Gasteiger charge is -2.22. The standard InChI is InChI=1S/C15H13NO7S2/c17-8-2-1-7(10(18)6-8)5-11-13(21)16(15(24)25-11)9(14(22)23)3-4-12(19)20/h1-2,5-6,9,17-18H,3-4H2,(H,19,20)(H,22,23)/b11-5-. The summed E-state index contributed by atoms with van der Waals surface area (Å²) in [6, 6.07) is 2.41. The van der Waals surface area contributed by atoms with E-state index in [1.807, 2.05) is 0 Å². The van der Waals surface area contributed by atoms with E-state index in [-0.39, 0.29) is 32.7 Å². The third kappa shape index (κ3) is 4.28. The van der Waals surface area contributed by atoms with Gasteiger partial charge < -0.3 is 20.4 Å². The van der Waals surface area contributed by atoms with E-state index in [1.54, 1.807) is 0 Å². The van der Waals surface area contributed by atoms with Crippen LogP contribution in [0.25, 0.3) is 6.08 Å². The Morgan fingerprint density at radius 2 is 1.96 bits per heavy atom. The summed E-state index contributed by atoms with van der Waals surface area (Å²) in [5.74, 6) is -3.62. The van der Waals surface area contributed by atoms with Crippen LogP contribution in [-0.4, -0.2) is 53.5 Å². The molecule has 1 aromatic rings. The molecule has 1 aliphatic heterocycles. The highest BCUT2D eigenvalue weighted by molar-refractivity contribution is 8.26. The summed E-state index contributed by atoms with van der Waals surface area (Å²) in [6.07, 6.45) is 0.616. The van der Waals surface area contributed by atoms with E-state index >= 15 is 0 Å². The van der Waals surface area contributed by atoms with E-state index in [2.05, 4.69) is 0 Å². The molecule has 0 aromatic heterocycles. The number of carbonyl (C=O) groups excluding carboxylic acids is 1. The number of thioether (sulfide) groups is 1. The maximum Gasteiger partial charge on any atom is 0.326 e. The van der Waals surface area contributed by atoms with Gasteiger partial charge in [0, 0.05) is 18.1 Å². The molecule has 0 radical (unpaired) electrons. The average Bonchev–Trinajstić information content (AvgIpc) is 2.77. The van der Waals surface area contributed by atoms with E-state index in [0.29, 0.717) is 0 Å². The summed E-state index contributed by atoms with van der Waals surface area (Å²) in [5.41, 5.74) is 0.246. The molecule has 25 heavy (non-hydrogen) atoms. The van der Waals surface area contributed by atoms with Crippen LogP contribution >= 0.6 is 24.0 Å². The fraction of sp³-hybridized carbons (Fsp3) is 0.200. The van der Waals surface area contributed by atoms with Crippen LogP contribution in [0.2, 0.25) is 0 Å². The number of carboxylic acid groups (broad SMARTS) is 2. The van der Waals surface area contributed by atoms with Gasteiger partial charge in [-0.2, -0.15) is 0 Å². The molecule has 1 fully saturated rings. The molecule has 1 heterocycles. The van der Waals surface area contributed by atoms with Gasteiger partial charge in [-0.1, -0.05) is 24.0 Å². The number of aliphatic carboxylic acids is 2. The van der Waals surface area contributed by atoms with Gasteiger partial charge in [-0.3, -0.25) is 14.5 Å².